The third-order valence-corrected chi connectivity index (χ3v) is 4.69. The summed E-state index contributed by atoms with van der Waals surface area (Å²) in [5, 5.41) is 7.44. The standard InChI is InChI=1S/C24H19F2N3O/c1-16-3-2-4-21(13-16)29-23(14-22(28-29)18-7-11-20(26)12-8-18)24(30)27-15-17-5-9-19(25)10-6-17/h2-14H,15H2,1H3,(H,27,30). The second kappa shape index (κ2) is 8.29. The summed E-state index contributed by atoms with van der Waals surface area (Å²) in [6, 6.07) is 21.2. The molecule has 0 radical (unpaired) electrons. The molecule has 1 heterocycles. The van der Waals surface area contributed by atoms with E-state index in [1.165, 1.54) is 24.3 Å². The van der Waals surface area contributed by atoms with E-state index >= 15 is 0 Å². The van der Waals surface area contributed by atoms with Gasteiger partial charge in [0.1, 0.15) is 17.3 Å². The van der Waals surface area contributed by atoms with E-state index in [4.69, 9.17) is 0 Å². The molecule has 1 aromatic heterocycles. The fourth-order valence-electron chi connectivity index (χ4n) is 3.14. The molecule has 0 saturated carbocycles. The zero-order chi connectivity index (χ0) is 21.1. The molecule has 4 aromatic rings. The number of halogens is 2. The normalized spacial score (nSPS) is 10.8. The van der Waals surface area contributed by atoms with Crippen molar-refractivity contribution in [2.45, 2.75) is 13.5 Å². The molecule has 0 atom stereocenters. The predicted molar refractivity (Wildman–Crippen MR) is 111 cm³/mol. The molecule has 0 unspecified atom stereocenters. The first-order chi connectivity index (χ1) is 14.5. The highest BCUT2D eigenvalue weighted by atomic mass is 19.1. The molecule has 0 aliphatic rings. The number of aryl methyl sites for hydroxylation is 1. The van der Waals surface area contributed by atoms with Gasteiger partial charge in [0.05, 0.1) is 11.4 Å². The maximum atomic E-state index is 13.3. The van der Waals surface area contributed by atoms with Crippen LogP contribution in [0.1, 0.15) is 21.6 Å². The number of nitrogens with one attached hydrogen (secondary N) is 1. The van der Waals surface area contributed by atoms with Crippen LogP contribution in [0.3, 0.4) is 0 Å². The quantitative estimate of drug-likeness (QED) is 0.507. The highest BCUT2D eigenvalue weighted by molar-refractivity contribution is 5.94. The summed E-state index contributed by atoms with van der Waals surface area (Å²) in [6.45, 7) is 2.21. The van der Waals surface area contributed by atoms with Crippen LogP contribution >= 0.6 is 0 Å². The summed E-state index contributed by atoms with van der Waals surface area (Å²) in [5.41, 5.74) is 4.17. The van der Waals surface area contributed by atoms with Crippen LogP contribution in [-0.4, -0.2) is 15.7 Å². The van der Waals surface area contributed by atoms with E-state index < -0.39 is 0 Å². The maximum Gasteiger partial charge on any atom is 0.270 e. The van der Waals surface area contributed by atoms with Crippen molar-refractivity contribution in [2.75, 3.05) is 0 Å². The smallest absolute Gasteiger partial charge is 0.270 e. The Bertz CT molecular complexity index is 1180. The Labute approximate surface area is 172 Å². The Kier molecular flexibility index (Phi) is 5.39. The maximum absolute atomic E-state index is 13.3. The largest absolute Gasteiger partial charge is 0.347 e. The average molecular weight is 403 g/mol. The van der Waals surface area contributed by atoms with Crippen LogP contribution in [0, 0.1) is 18.6 Å². The molecule has 0 fully saturated rings. The van der Waals surface area contributed by atoms with Gasteiger partial charge in [-0.05, 0) is 72.6 Å². The van der Waals surface area contributed by atoms with E-state index in [0.29, 0.717) is 17.0 Å². The Morgan fingerprint density at radius 2 is 1.60 bits per heavy atom. The van der Waals surface area contributed by atoms with Crippen LogP contribution in [-0.2, 0) is 6.54 Å². The summed E-state index contributed by atoms with van der Waals surface area (Å²) in [6.07, 6.45) is 0. The minimum atomic E-state index is -0.339. The van der Waals surface area contributed by atoms with Gasteiger partial charge in [-0.1, -0.05) is 24.3 Å². The van der Waals surface area contributed by atoms with Crippen LogP contribution in [0.25, 0.3) is 16.9 Å². The van der Waals surface area contributed by atoms with E-state index in [1.807, 2.05) is 31.2 Å². The molecule has 0 bridgehead atoms. The van der Waals surface area contributed by atoms with E-state index in [0.717, 1.165) is 16.8 Å². The van der Waals surface area contributed by atoms with Gasteiger partial charge in [-0.25, -0.2) is 13.5 Å². The van der Waals surface area contributed by atoms with Gasteiger partial charge in [0.15, 0.2) is 0 Å². The molecule has 4 rings (SSSR count). The number of carbonyl (C=O) groups excluding carboxylic acids is 1. The van der Waals surface area contributed by atoms with Crippen molar-refractivity contribution >= 4 is 5.91 Å². The van der Waals surface area contributed by atoms with Crippen molar-refractivity contribution in [3.05, 3.63) is 107 Å². The lowest BCUT2D eigenvalue weighted by molar-refractivity contribution is 0.0943. The molecule has 0 spiro atoms. The van der Waals surface area contributed by atoms with Crippen LogP contribution in [0.5, 0.6) is 0 Å². The number of benzene rings is 3. The zero-order valence-corrected chi connectivity index (χ0v) is 16.3. The molecule has 3 aromatic carbocycles. The fraction of sp³-hybridized carbons (Fsp3) is 0.0833. The van der Waals surface area contributed by atoms with Gasteiger partial charge in [-0.15, -0.1) is 0 Å². The van der Waals surface area contributed by atoms with Crippen LogP contribution < -0.4 is 5.32 Å². The highest BCUT2D eigenvalue weighted by Gasteiger charge is 2.18. The molecule has 150 valence electrons. The first kappa shape index (κ1) is 19.5. The molecular weight excluding hydrogens is 384 g/mol. The molecule has 0 saturated heterocycles. The first-order valence-corrected chi connectivity index (χ1v) is 9.45. The highest BCUT2D eigenvalue weighted by Crippen LogP contribution is 2.23. The summed E-state index contributed by atoms with van der Waals surface area (Å²) in [5.74, 6) is -0.984. The Morgan fingerprint density at radius 1 is 0.933 bits per heavy atom. The van der Waals surface area contributed by atoms with Crippen molar-refractivity contribution in [1.29, 1.82) is 0 Å². The topological polar surface area (TPSA) is 46.9 Å². The Morgan fingerprint density at radius 3 is 2.27 bits per heavy atom. The number of carbonyl (C=O) groups is 1. The fourth-order valence-corrected chi connectivity index (χ4v) is 3.14. The molecule has 6 heteroatoms. The monoisotopic (exact) mass is 403 g/mol. The molecular formula is C24H19F2N3O. The zero-order valence-electron chi connectivity index (χ0n) is 16.3. The number of hydrogen-bond acceptors (Lipinski definition) is 2. The minimum Gasteiger partial charge on any atom is -0.347 e. The van der Waals surface area contributed by atoms with Gasteiger partial charge < -0.3 is 5.32 Å². The minimum absolute atomic E-state index is 0.254. The summed E-state index contributed by atoms with van der Waals surface area (Å²) >= 11 is 0. The van der Waals surface area contributed by atoms with Gasteiger partial charge in [0.25, 0.3) is 5.91 Å². The van der Waals surface area contributed by atoms with Gasteiger partial charge in [-0.3, -0.25) is 4.79 Å². The predicted octanol–water partition coefficient (Wildman–Crippen LogP) is 5.06. The van der Waals surface area contributed by atoms with Crippen molar-refractivity contribution in [2.24, 2.45) is 0 Å². The number of hydrogen-bond donors (Lipinski definition) is 1. The van der Waals surface area contributed by atoms with E-state index in [-0.39, 0.29) is 24.1 Å². The van der Waals surface area contributed by atoms with Crippen LogP contribution in [0.2, 0.25) is 0 Å². The number of amides is 1. The van der Waals surface area contributed by atoms with Gasteiger partial charge >= 0.3 is 0 Å². The Hall–Kier alpha value is -3.80. The van der Waals surface area contributed by atoms with E-state index in [1.54, 1.807) is 35.0 Å². The number of aromatic nitrogens is 2. The van der Waals surface area contributed by atoms with E-state index in [2.05, 4.69) is 10.4 Å². The lowest BCUT2D eigenvalue weighted by atomic mass is 10.1. The average Bonchev–Trinajstić information content (AvgIpc) is 3.19. The molecule has 1 N–H and O–H groups in total. The summed E-state index contributed by atoms with van der Waals surface area (Å²) < 4.78 is 28.0. The lowest BCUT2D eigenvalue weighted by Gasteiger charge is -2.09. The third-order valence-electron chi connectivity index (χ3n) is 4.69. The molecule has 0 aliphatic heterocycles. The molecule has 30 heavy (non-hydrogen) atoms. The van der Waals surface area contributed by atoms with Gasteiger partial charge in [0, 0.05) is 12.1 Å². The number of nitrogens with zero attached hydrogens (tertiary/aromatic N) is 2. The lowest BCUT2D eigenvalue weighted by Crippen LogP contribution is -2.25. The number of rotatable bonds is 5. The second-order valence-electron chi connectivity index (χ2n) is 6.98. The van der Waals surface area contributed by atoms with Crippen molar-refractivity contribution in [3.63, 3.8) is 0 Å². The second-order valence-corrected chi connectivity index (χ2v) is 6.98. The Balaban J connectivity index is 1.68. The molecule has 0 aliphatic carbocycles. The van der Waals surface area contributed by atoms with Gasteiger partial charge in [0.2, 0.25) is 0 Å². The van der Waals surface area contributed by atoms with Crippen molar-refractivity contribution < 1.29 is 13.6 Å². The molecule has 4 nitrogen and oxygen atoms in total. The first-order valence-electron chi connectivity index (χ1n) is 9.45. The van der Waals surface area contributed by atoms with Crippen molar-refractivity contribution in [1.82, 2.24) is 15.1 Å². The van der Waals surface area contributed by atoms with Crippen LogP contribution in [0.15, 0.2) is 78.9 Å². The third kappa shape index (κ3) is 4.27. The van der Waals surface area contributed by atoms with E-state index in [9.17, 15) is 13.6 Å². The summed E-state index contributed by atoms with van der Waals surface area (Å²) in [4.78, 5) is 13.0. The SMILES string of the molecule is Cc1cccc(-n2nc(-c3ccc(F)cc3)cc2C(=O)NCc2ccc(F)cc2)c1. The van der Waals surface area contributed by atoms with Crippen LogP contribution in [0.4, 0.5) is 8.78 Å². The molecule has 1 amide bonds. The summed E-state index contributed by atoms with van der Waals surface area (Å²) in [7, 11) is 0. The van der Waals surface area contributed by atoms with Gasteiger partial charge in [-0.2, -0.15) is 5.10 Å². The van der Waals surface area contributed by atoms with Crippen molar-refractivity contribution in [3.8, 4) is 16.9 Å².